The number of nitrogens with one attached hydrogen (secondary N) is 2. The van der Waals surface area contributed by atoms with Gasteiger partial charge in [0.1, 0.15) is 11.9 Å². The zero-order valence-corrected chi connectivity index (χ0v) is 14.5. The van der Waals surface area contributed by atoms with Gasteiger partial charge in [-0.3, -0.25) is 4.79 Å². The molecule has 8 nitrogen and oxygen atoms in total. The molecule has 0 spiro atoms. The molecule has 0 aliphatic rings. The Balaban J connectivity index is 2.62. The van der Waals surface area contributed by atoms with E-state index < -0.39 is 12.2 Å². The number of rotatable bonds is 5. The minimum absolute atomic E-state index is 0.105. The second-order valence-corrected chi connectivity index (χ2v) is 6.22. The van der Waals surface area contributed by atoms with Crippen molar-refractivity contribution >= 4 is 29.2 Å². The summed E-state index contributed by atoms with van der Waals surface area (Å²) >= 11 is 7.03. The van der Waals surface area contributed by atoms with Crippen LogP contribution in [0.1, 0.15) is 11.1 Å². The molecule has 0 fully saturated rings. The zero-order valence-electron chi connectivity index (χ0n) is 12.9. The molecule has 0 radical (unpaired) electrons. The maximum Gasteiger partial charge on any atom is 0.255 e. The quantitative estimate of drug-likeness (QED) is 0.170. The second-order valence-electron chi connectivity index (χ2n) is 4.80. The lowest BCUT2D eigenvalue weighted by molar-refractivity contribution is 0.280. The Morgan fingerprint density at radius 2 is 2.12 bits per heavy atom. The Labute approximate surface area is 152 Å². The summed E-state index contributed by atoms with van der Waals surface area (Å²) in [5.74, 6) is 11.0. The lowest BCUT2D eigenvalue weighted by atomic mass is 9.97. The number of hydrazine groups is 1. The minimum Gasteiger partial charge on any atom is -0.391 e. The molecule has 0 saturated carbocycles. The SMILES string of the molecule is N#Cc1c(SC/C(=N/N)NN)[nH]c(=O)c(CO)c1-c1ccc(Cl)cc1. The number of nitriles is 1. The van der Waals surface area contributed by atoms with Crippen molar-refractivity contribution in [3.05, 3.63) is 50.8 Å². The molecule has 1 heterocycles. The van der Waals surface area contributed by atoms with Gasteiger partial charge in [0.25, 0.3) is 5.56 Å². The molecule has 1 aromatic heterocycles. The Morgan fingerprint density at radius 1 is 1.44 bits per heavy atom. The first kappa shape index (κ1) is 18.8. The molecule has 2 aromatic rings. The number of hydrazone groups is 1. The predicted molar refractivity (Wildman–Crippen MR) is 97.8 cm³/mol. The van der Waals surface area contributed by atoms with Crippen LogP contribution in [-0.2, 0) is 6.61 Å². The highest BCUT2D eigenvalue weighted by molar-refractivity contribution is 8.00. The molecule has 10 heteroatoms. The van der Waals surface area contributed by atoms with Crippen LogP contribution in [0.4, 0.5) is 0 Å². The van der Waals surface area contributed by atoms with Gasteiger partial charge in [0.2, 0.25) is 0 Å². The molecule has 25 heavy (non-hydrogen) atoms. The van der Waals surface area contributed by atoms with Crippen molar-refractivity contribution < 1.29 is 5.11 Å². The lowest BCUT2D eigenvalue weighted by Gasteiger charge is -2.13. The molecule has 2 rings (SSSR count). The number of H-pyrrole nitrogens is 1. The number of hydrogen-bond acceptors (Lipinski definition) is 7. The van der Waals surface area contributed by atoms with Crippen molar-refractivity contribution in [2.45, 2.75) is 11.6 Å². The number of amidine groups is 1. The average Bonchev–Trinajstić information content (AvgIpc) is 2.62. The molecule has 0 aliphatic carbocycles. The van der Waals surface area contributed by atoms with Gasteiger partial charge in [-0.2, -0.15) is 10.4 Å². The molecule has 0 amide bonds. The topological polar surface area (TPSA) is 153 Å². The van der Waals surface area contributed by atoms with Gasteiger partial charge in [0.15, 0.2) is 0 Å². The monoisotopic (exact) mass is 378 g/mol. The van der Waals surface area contributed by atoms with Crippen molar-refractivity contribution in [3.8, 4) is 17.2 Å². The summed E-state index contributed by atoms with van der Waals surface area (Å²) in [5, 5.41) is 23.5. The molecule has 7 N–H and O–H groups in total. The molecule has 130 valence electrons. The highest BCUT2D eigenvalue weighted by Gasteiger charge is 2.19. The van der Waals surface area contributed by atoms with Crippen LogP contribution in [-0.4, -0.2) is 21.7 Å². The third-order valence-electron chi connectivity index (χ3n) is 3.36. The second kappa shape index (κ2) is 8.55. The summed E-state index contributed by atoms with van der Waals surface area (Å²) in [6, 6.07) is 8.73. The van der Waals surface area contributed by atoms with Crippen LogP contribution in [0.2, 0.25) is 5.02 Å². The first-order valence-corrected chi connectivity index (χ1v) is 8.34. The van der Waals surface area contributed by atoms with Gasteiger partial charge in [-0.05, 0) is 17.7 Å². The number of aromatic amines is 1. The summed E-state index contributed by atoms with van der Waals surface area (Å²) in [6.07, 6.45) is 0. The first-order chi connectivity index (χ1) is 12.0. The maximum atomic E-state index is 12.3. The molecule has 0 atom stereocenters. The number of nitrogens with zero attached hydrogens (tertiary/aromatic N) is 2. The van der Waals surface area contributed by atoms with Crippen LogP contribution in [0.5, 0.6) is 0 Å². The fraction of sp³-hybridized carbons (Fsp3) is 0.133. The van der Waals surface area contributed by atoms with Crippen molar-refractivity contribution in [1.82, 2.24) is 10.4 Å². The standard InChI is InChI=1S/C15H15ClN6O2S/c16-9-3-1-8(2-4-9)13-10(5-17)15(20-14(24)11(13)6-23)25-7-12(21-18)22-19/h1-4,23H,6-7,18-19H2,(H,20,24)(H,21,22). The largest absolute Gasteiger partial charge is 0.391 e. The maximum absolute atomic E-state index is 12.3. The number of aromatic nitrogens is 1. The van der Waals surface area contributed by atoms with Crippen molar-refractivity contribution in [3.63, 3.8) is 0 Å². The molecular weight excluding hydrogens is 364 g/mol. The summed E-state index contributed by atoms with van der Waals surface area (Å²) in [5.41, 5.74) is 3.13. The van der Waals surface area contributed by atoms with E-state index in [4.69, 9.17) is 23.3 Å². The van der Waals surface area contributed by atoms with Gasteiger partial charge in [0, 0.05) is 10.6 Å². The Morgan fingerprint density at radius 3 is 2.64 bits per heavy atom. The number of pyridine rings is 1. The predicted octanol–water partition coefficient (Wildman–Crippen LogP) is 0.887. The number of nitrogens with two attached hydrogens (primary N) is 2. The summed E-state index contributed by atoms with van der Waals surface area (Å²) in [7, 11) is 0. The van der Waals surface area contributed by atoms with E-state index in [2.05, 4.69) is 21.6 Å². The molecule has 0 aliphatic heterocycles. The number of aliphatic hydroxyl groups is 1. The van der Waals surface area contributed by atoms with Crippen LogP contribution in [0.15, 0.2) is 39.2 Å². The van der Waals surface area contributed by atoms with Gasteiger partial charge in [-0.25, -0.2) is 5.84 Å². The Kier molecular flexibility index (Phi) is 6.44. The van der Waals surface area contributed by atoms with E-state index in [9.17, 15) is 15.2 Å². The first-order valence-electron chi connectivity index (χ1n) is 6.97. The molecule has 1 aromatic carbocycles. The van der Waals surface area contributed by atoms with Crippen LogP contribution in [0, 0.1) is 11.3 Å². The minimum atomic E-state index is -0.507. The van der Waals surface area contributed by atoms with Gasteiger partial charge >= 0.3 is 0 Å². The zero-order chi connectivity index (χ0) is 18.4. The van der Waals surface area contributed by atoms with E-state index in [0.29, 0.717) is 21.2 Å². The number of hydrogen-bond donors (Lipinski definition) is 5. The van der Waals surface area contributed by atoms with E-state index >= 15 is 0 Å². The van der Waals surface area contributed by atoms with E-state index in [-0.39, 0.29) is 22.7 Å². The average molecular weight is 379 g/mol. The van der Waals surface area contributed by atoms with E-state index in [0.717, 1.165) is 11.8 Å². The smallest absolute Gasteiger partial charge is 0.255 e. The Hall–Kier alpha value is -2.51. The van der Waals surface area contributed by atoms with Gasteiger partial charge in [0.05, 0.1) is 28.5 Å². The number of halogens is 1. The fourth-order valence-electron chi connectivity index (χ4n) is 2.18. The van der Waals surface area contributed by atoms with Gasteiger partial charge in [-0.15, -0.1) is 0 Å². The third-order valence-corrected chi connectivity index (χ3v) is 4.62. The van der Waals surface area contributed by atoms with Crippen LogP contribution in [0.25, 0.3) is 11.1 Å². The number of aliphatic hydroxyl groups excluding tert-OH is 1. The fourth-order valence-corrected chi connectivity index (χ4v) is 3.20. The normalized spacial score (nSPS) is 11.2. The van der Waals surface area contributed by atoms with Crippen LogP contribution >= 0.6 is 23.4 Å². The third kappa shape index (κ3) is 4.12. The van der Waals surface area contributed by atoms with Crippen molar-refractivity contribution in [2.24, 2.45) is 16.8 Å². The molecule has 0 saturated heterocycles. The summed E-state index contributed by atoms with van der Waals surface area (Å²) in [4.78, 5) is 14.9. The van der Waals surface area contributed by atoms with Crippen LogP contribution < -0.4 is 22.7 Å². The highest BCUT2D eigenvalue weighted by atomic mass is 35.5. The highest BCUT2D eigenvalue weighted by Crippen LogP contribution is 2.32. The molecule has 0 unspecified atom stereocenters. The molecular formula is C15H15ClN6O2S. The van der Waals surface area contributed by atoms with Gasteiger partial charge in [-0.1, -0.05) is 35.5 Å². The van der Waals surface area contributed by atoms with Gasteiger partial charge < -0.3 is 21.4 Å². The number of thioether (sulfide) groups is 1. The van der Waals surface area contributed by atoms with Crippen molar-refractivity contribution in [1.29, 1.82) is 5.26 Å². The van der Waals surface area contributed by atoms with E-state index in [1.165, 1.54) is 0 Å². The molecule has 0 bridgehead atoms. The summed E-state index contributed by atoms with van der Waals surface area (Å²) in [6.45, 7) is -0.507. The Bertz CT molecular complexity index is 889. The van der Waals surface area contributed by atoms with Crippen molar-refractivity contribution in [2.75, 3.05) is 5.75 Å². The van der Waals surface area contributed by atoms with E-state index in [1.54, 1.807) is 24.3 Å². The van der Waals surface area contributed by atoms with Crippen LogP contribution in [0.3, 0.4) is 0 Å². The lowest BCUT2D eigenvalue weighted by Crippen LogP contribution is -2.33. The summed E-state index contributed by atoms with van der Waals surface area (Å²) < 4.78 is 0. The van der Waals surface area contributed by atoms with E-state index in [1.807, 2.05) is 0 Å². The number of benzene rings is 1.